The molecule has 0 radical (unpaired) electrons. The normalized spacial score (nSPS) is 22.2. The molecule has 1 aliphatic heterocycles. The molecular formula is C9H11N3O2S. The van der Waals surface area contributed by atoms with E-state index < -0.39 is 0 Å². The number of aromatic nitrogens is 2. The van der Waals surface area contributed by atoms with Crippen LogP contribution in [0, 0.1) is 4.77 Å². The molecule has 6 heteroatoms. The van der Waals surface area contributed by atoms with E-state index in [-0.39, 0.29) is 17.9 Å². The maximum absolute atomic E-state index is 11.8. The highest BCUT2D eigenvalue weighted by Crippen LogP contribution is 2.22. The van der Waals surface area contributed by atoms with Gasteiger partial charge >= 0.3 is 0 Å². The average molecular weight is 225 g/mol. The second-order valence-corrected chi connectivity index (χ2v) is 3.90. The molecule has 2 amide bonds. The summed E-state index contributed by atoms with van der Waals surface area (Å²) in [6.07, 6.45) is 4.33. The van der Waals surface area contributed by atoms with Crippen molar-refractivity contribution in [3.8, 4) is 0 Å². The molecule has 80 valence electrons. The number of hydrogen-bond acceptors (Lipinski definition) is 3. The Kier molecular flexibility index (Phi) is 2.44. The molecule has 2 heterocycles. The Labute approximate surface area is 91.7 Å². The smallest absolute Gasteiger partial charge is 0.252 e. The maximum atomic E-state index is 11.8. The first-order valence-electron chi connectivity index (χ1n) is 4.67. The number of rotatable bonds is 1. The number of carbonyl (C=O) groups excluding carboxylic acids is 2. The largest absolute Gasteiger partial charge is 0.337 e. The molecule has 0 aliphatic carbocycles. The molecule has 15 heavy (non-hydrogen) atoms. The summed E-state index contributed by atoms with van der Waals surface area (Å²) >= 11 is 5.04. The Hall–Kier alpha value is -1.43. The van der Waals surface area contributed by atoms with E-state index in [2.05, 4.69) is 4.98 Å². The molecule has 2 rings (SSSR count). The molecule has 1 fully saturated rings. The van der Waals surface area contributed by atoms with Gasteiger partial charge in [-0.2, -0.15) is 0 Å². The predicted octanol–water partition coefficient (Wildman–Crippen LogP) is 0.866. The minimum atomic E-state index is -0.341. The SMILES string of the molecule is CN1C(=O)CCC(n2cc[nH]c2=S)C1=O. The minimum absolute atomic E-state index is 0.127. The lowest BCUT2D eigenvalue weighted by Gasteiger charge is -2.28. The standard InChI is InChI=1S/C9H11N3O2S/c1-11-7(13)3-2-6(8(11)14)12-5-4-10-9(12)15/h4-6H,2-3H2,1H3,(H,10,15). The van der Waals surface area contributed by atoms with Gasteiger partial charge in [0.15, 0.2) is 4.77 Å². The van der Waals surface area contributed by atoms with Crippen molar-refractivity contribution in [3.63, 3.8) is 0 Å². The van der Waals surface area contributed by atoms with Gasteiger partial charge in [0.2, 0.25) is 5.91 Å². The monoisotopic (exact) mass is 225 g/mol. The fourth-order valence-electron chi connectivity index (χ4n) is 1.73. The summed E-state index contributed by atoms with van der Waals surface area (Å²) in [4.78, 5) is 27.1. The fourth-order valence-corrected chi connectivity index (χ4v) is 1.99. The number of imide groups is 1. The summed E-state index contributed by atoms with van der Waals surface area (Å²) in [6, 6.07) is -0.341. The van der Waals surface area contributed by atoms with Gasteiger partial charge in [0, 0.05) is 25.9 Å². The number of hydrogen-bond donors (Lipinski definition) is 1. The van der Waals surface area contributed by atoms with Crippen molar-refractivity contribution in [1.29, 1.82) is 0 Å². The number of likely N-dealkylation sites (tertiary alicyclic amines) is 1. The second-order valence-electron chi connectivity index (χ2n) is 3.52. The molecule has 0 saturated carbocycles. The number of nitrogens with one attached hydrogen (secondary N) is 1. The first-order chi connectivity index (χ1) is 7.11. The molecule has 1 atom stereocenters. The molecule has 1 aliphatic rings. The van der Waals surface area contributed by atoms with Crippen LogP contribution >= 0.6 is 12.2 Å². The van der Waals surface area contributed by atoms with Crippen LogP contribution < -0.4 is 0 Å². The Bertz CT molecular complexity index is 462. The lowest BCUT2D eigenvalue weighted by Crippen LogP contribution is -2.43. The van der Waals surface area contributed by atoms with E-state index >= 15 is 0 Å². The van der Waals surface area contributed by atoms with Crippen molar-refractivity contribution >= 4 is 24.0 Å². The van der Waals surface area contributed by atoms with Crippen LogP contribution in [0.2, 0.25) is 0 Å². The summed E-state index contributed by atoms with van der Waals surface area (Å²) in [7, 11) is 1.51. The molecule has 1 unspecified atom stereocenters. The van der Waals surface area contributed by atoms with Gasteiger partial charge in [0.25, 0.3) is 5.91 Å². The van der Waals surface area contributed by atoms with Crippen LogP contribution in [0.25, 0.3) is 0 Å². The summed E-state index contributed by atoms with van der Waals surface area (Å²) < 4.78 is 2.21. The lowest BCUT2D eigenvalue weighted by molar-refractivity contribution is -0.149. The molecule has 1 saturated heterocycles. The van der Waals surface area contributed by atoms with Gasteiger partial charge in [-0.3, -0.25) is 14.5 Å². The van der Waals surface area contributed by atoms with E-state index in [4.69, 9.17) is 12.2 Å². The zero-order chi connectivity index (χ0) is 11.0. The van der Waals surface area contributed by atoms with Gasteiger partial charge < -0.3 is 9.55 Å². The van der Waals surface area contributed by atoms with Gasteiger partial charge in [0.1, 0.15) is 6.04 Å². The van der Waals surface area contributed by atoms with E-state index in [0.29, 0.717) is 17.6 Å². The van der Waals surface area contributed by atoms with Crippen molar-refractivity contribution in [2.45, 2.75) is 18.9 Å². The third kappa shape index (κ3) is 1.61. The molecule has 0 spiro atoms. The quantitative estimate of drug-likeness (QED) is 0.570. The topological polar surface area (TPSA) is 58.1 Å². The van der Waals surface area contributed by atoms with E-state index in [1.54, 1.807) is 17.0 Å². The molecule has 1 aromatic heterocycles. The van der Waals surface area contributed by atoms with Crippen LogP contribution in [-0.4, -0.2) is 33.3 Å². The Morgan fingerprint density at radius 3 is 2.87 bits per heavy atom. The molecule has 5 nitrogen and oxygen atoms in total. The van der Waals surface area contributed by atoms with Gasteiger partial charge in [-0.1, -0.05) is 0 Å². The van der Waals surface area contributed by atoms with Crippen molar-refractivity contribution < 1.29 is 9.59 Å². The Morgan fingerprint density at radius 2 is 2.27 bits per heavy atom. The minimum Gasteiger partial charge on any atom is -0.337 e. The van der Waals surface area contributed by atoms with Gasteiger partial charge in [-0.25, -0.2) is 0 Å². The number of imidazole rings is 1. The van der Waals surface area contributed by atoms with E-state index in [1.165, 1.54) is 11.9 Å². The van der Waals surface area contributed by atoms with Gasteiger partial charge in [-0.05, 0) is 18.6 Å². The number of piperidine rings is 1. The molecular weight excluding hydrogens is 214 g/mol. The molecule has 1 aromatic rings. The number of carbonyl (C=O) groups is 2. The highest BCUT2D eigenvalue weighted by Gasteiger charge is 2.32. The van der Waals surface area contributed by atoms with Crippen molar-refractivity contribution in [1.82, 2.24) is 14.5 Å². The fraction of sp³-hybridized carbons (Fsp3) is 0.444. The maximum Gasteiger partial charge on any atom is 0.252 e. The van der Waals surface area contributed by atoms with Crippen LogP contribution in [0.5, 0.6) is 0 Å². The van der Waals surface area contributed by atoms with Crippen molar-refractivity contribution in [2.75, 3.05) is 7.05 Å². The van der Waals surface area contributed by atoms with Crippen LogP contribution in [0.4, 0.5) is 0 Å². The molecule has 1 N–H and O–H groups in total. The van der Waals surface area contributed by atoms with E-state index in [0.717, 1.165) is 0 Å². The summed E-state index contributed by atoms with van der Waals surface area (Å²) in [5.41, 5.74) is 0. The first-order valence-corrected chi connectivity index (χ1v) is 5.08. The Morgan fingerprint density at radius 1 is 1.53 bits per heavy atom. The number of aromatic amines is 1. The van der Waals surface area contributed by atoms with Crippen LogP contribution in [0.1, 0.15) is 18.9 Å². The number of H-pyrrole nitrogens is 1. The molecule has 0 bridgehead atoms. The van der Waals surface area contributed by atoms with Gasteiger partial charge in [-0.15, -0.1) is 0 Å². The second kappa shape index (κ2) is 3.62. The average Bonchev–Trinajstić information content (AvgIpc) is 2.62. The van der Waals surface area contributed by atoms with Crippen LogP contribution in [0.15, 0.2) is 12.4 Å². The van der Waals surface area contributed by atoms with Crippen LogP contribution in [-0.2, 0) is 9.59 Å². The van der Waals surface area contributed by atoms with E-state index in [9.17, 15) is 9.59 Å². The number of likely N-dealkylation sites (N-methyl/N-ethyl adjacent to an activating group) is 1. The van der Waals surface area contributed by atoms with E-state index in [1.807, 2.05) is 0 Å². The van der Waals surface area contributed by atoms with Gasteiger partial charge in [0.05, 0.1) is 0 Å². The van der Waals surface area contributed by atoms with Crippen molar-refractivity contribution in [2.24, 2.45) is 0 Å². The zero-order valence-electron chi connectivity index (χ0n) is 8.27. The summed E-state index contributed by atoms with van der Waals surface area (Å²) in [5, 5.41) is 0. The first kappa shape index (κ1) is 10.1. The number of amides is 2. The van der Waals surface area contributed by atoms with Crippen LogP contribution in [0.3, 0.4) is 0 Å². The third-order valence-electron chi connectivity index (χ3n) is 2.63. The Balaban J connectivity index is 2.33. The third-order valence-corrected chi connectivity index (χ3v) is 2.96. The molecule has 0 aromatic carbocycles. The number of nitrogens with zero attached hydrogens (tertiary/aromatic N) is 2. The van der Waals surface area contributed by atoms with Crippen molar-refractivity contribution in [3.05, 3.63) is 17.2 Å². The predicted molar refractivity (Wildman–Crippen MR) is 55.7 cm³/mol. The lowest BCUT2D eigenvalue weighted by atomic mass is 10.0. The summed E-state index contributed by atoms with van der Waals surface area (Å²) in [6.45, 7) is 0. The highest BCUT2D eigenvalue weighted by atomic mass is 32.1. The highest BCUT2D eigenvalue weighted by molar-refractivity contribution is 7.71. The summed E-state index contributed by atoms with van der Waals surface area (Å²) in [5.74, 6) is -0.319. The zero-order valence-corrected chi connectivity index (χ0v) is 9.08.